The van der Waals surface area contributed by atoms with Crippen LogP contribution in [0.5, 0.6) is 0 Å². The zero-order chi connectivity index (χ0) is 10.7. The van der Waals surface area contributed by atoms with Crippen molar-refractivity contribution in [2.45, 2.75) is 26.0 Å². The Balaban J connectivity index is 2.09. The van der Waals surface area contributed by atoms with Crippen molar-refractivity contribution < 1.29 is 9.52 Å². The van der Waals surface area contributed by atoms with Gasteiger partial charge in [0.25, 0.3) is 0 Å². The molecule has 0 amide bonds. The van der Waals surface area contributed by atoms with Crippen LogP contribution in [0.15, 0.2) is 29.3 Å². The molecule has 5 heteroatoms. The Morgan fingerprint density at radius 3 is 3.13 bits per heavy atom. The van der Waals surface area contributed by atoms with Gasteiger partial charge in [-0.25, -0.2) is 4.98 Å². The molecule has 0 bridgehead atoms. The molecular formula is C10H13N3O2. The number of furan rings is 1. The number of aromatic nitrogens is 3. The smallest absolute Gasteiger partial charge is 0.138 e. The van der Waals surface area contributed by atoms with Crippen LogP contribution in [-0.2, 0) is 13.0 Å². The number of aryl methyl sites for hydroxylation is 1. The predicted octanol–water partition coefficient (Wildman–Crippen LogP) is 1.17. The van der Waals surface area contributed by atoms with Crippen LogP contribution < -0.4 is 0 Å². The minimum atomic E-state index is -0.585. The van der Waals surface area contributed by atoms with Crippen LogP contribution in [0.3, 0.4) is 0 Å². The van der Waals surface area contributed by atoms with Gasteiger partial charge >= 0.3 is 0 Å². The summed E-state index contributed by atoms with van der Waals surface area (Å²) in [4.78, 5) is 4.10. The maximum Gasteiger partial charge on any atom is 0.138 e. The van der Waals surface area contributed by atoms with E-state index in [0.29, 0.717) is 6.42 Å². The molecule has 1 N–H and O–H groups in total. The first-order valence-corrected chi connectivity index (χ1v) is 4.88. The van der Waals surface area contributed by atoms with Crippen LogP contribution in [0.2, 0.25) is 0 Å². The molecule has 2 rings (SSSR count). The second-order valence-electron chi connectivity index (χ2n) is 3.27. The molecule has 0 radical (unpaired) electrons. The Kier molecular flexibility index (Phi) is 2.82. The SMILES string of the molecule is CCn1ncnc1CC(O)c1ccoc1. The van der Waals surface area contributed by atoms with E-state index in [4.69, 9.17) is 4.42 Å². The number of hydrogen-bond donors (Lipinski definition) is 1. The van der Waals surface area contributed by atoms with Crippen molar-refractivity contribution in [1.82, 2.24) is 14.8 Å². The van der Waals surface area contributed by atoms with E-state index in [-0.39, 0.29) is 0 Å². The van der Waals surface area contributed by atoms with Crippen LogP contribution in [0.1, 0.15) is 24.4 Å². The number of hydrogen-bond acceptors (Lipinski definition) is 4. The average molecular weight is 207 g/mol. The predicted molar refractivity (Wildman–Crippen MR) is 53.1 cm³/mol. The van der Waals surface area contributed by atoms with E-state index in [1.165, 1.54) is 12.6 Å². The summed E-state index contributed by atoms with van der Waals surface area (Å²) in [5.41, 5.74) is 0.764. The normalized spacial score (nSPS) is 12.9. The van der Waals surface area contributed by atoms with E-state index in [0.717, 1.165) is 17.9 Å². The highest BCUT2D eigenvalue weighted by atomic mass is 16.3. The summed E-state index contributed by atoms with van der Waals surface area (Å²) in [5, 5.41) is 13.9. The van der Waals surface area contributed by atoms with Crippen LogP contribution >= 0.6 is 0 Å². The first kappa shape index (κ1) is 9.92. The van der Waals surface area contributed by atoms with Crippen molar-refractivity contribution in [3.05, 3.63) is 36.3 Å². The Bertz CT molecular complexity index is 408. The Labute approximate surface area is 87.4 Å². The number of aliphatic hydroxyl groups is 1. The Morgan fingerprint density at radius 1 is 1.60 bits per heavy atom. The first-order valence-electron chi connectivity index (χ1n) is 4.88. The lowest BCUT2D eigenvalue weighted by Gasteiger charge is -2.07. The van der Waals surface area contributed by atoms with Crippen molar-refractivity contribution in [2.75, 3.05) is 0 Å². The van der Waals surface area contributed by atoms with E-state index in [1.807, 2.05) is 6.92 Å². The third-order valence-electron chi connectivity index (χ3n) is 2.30. The summed E-state index contributed by atoms with van der Waals surface area (Å²) < 4.78 is 6.68. The lowest BCUT2D eigenvalue weighted by atomic mass is 10.1. The molecule has 15 heavy (non-hydrogen) atoms. The second kappa shape index (κ2) is 4.27. The van der Waals surface area contributed by atoms with Gasteiger partial charge in [-0.15, -0.1) is 0 Å². The van der Waals surface area contributed by atoms with Gasteiger partial charge in [-0.2, -0.15) is 5.10 Å². The molecule has 0 aromatic carbocycles. The first-order chi connectivity index (χ1) is 7.31. The minimum Gasteiger partial charge on any atom is -0.472 e. The molecular weight excluding hydrogens is 194 g/mol. The van der Waals surface area contributed by atoms with Crippen molar-refractivity contribution in [3.63, 3.8) is 0 Å². The van der Waals surface area contributed by atoms with Crippen molar-refractivity contribution in [2.24, 2.45) is 0 Å². The van der Waals surface area contributed by atoms with E-state index in [9.17, 15) is 5.11 Å². The van der Waals surface area contributed by atoms with Gasteiger partial charge in [0, 0.05) is 18.5 Å². The molecule has 1 atom stereocenters. The number of aliphatic hydroxyl groups excluding tert-OH is 1. The third kappa shape index (κ3) is 2.07. The maximum absolute atomic E-state index is 9.86. The van der Waals surface area contributed by atoms with Gasteiger partial charge in [0.1, 0.15) is 12.2 Å². The highest BCUT2D eigenvalue weighted by Crippen LogP contribution is 2.17. The maximum atomic E-state index is 9.86. The molecule has 2 aromatic rings. The summed E-state index contributed by atoms with van der Waals surface area (Å²) >= 11 is 0. The summed E-state index contributed by atoms with van der Waals surface area (Å²) in [6.07, 6.45) is 4.45. The lowest BCUT2D eigenvalue weighted by Crippen LogP contribution is -2.08. The standard InChI is InChI=1S/C10H13N3O2/c1-2-13-10(11-7-12-13)5-9(14)8-3-4-15-6-8/h3-4,6-7,9,14H,2,5H2,1H3. The fraction of sp³-hybridized carbons (Fsp3) is 0.400. The van der Waals surface area contributed by atoms with Gasteiger partial charge in [-0.05, 0) is 13.0 Å². The zero-order valence-corrected chi connectivity index (χ0v) is 8.50. The third-order valence-corrected chi connectivity index (χ3v) is 2.30. The van der Waals surface area contributed by atoms with E-state index in [2.05, 4.69) is 10.1 Å². The van der Waals surface area contributed by atoms with Gasteiger partial charge < -0.3 is 9.52 Å². The molecule has 1 unspecified atom stereocenters. The number of nitrogens with zero attached hydrogens (tertiary/aromatic N) is 3. The average Bonchev–Trinajstić information content (AvgIpc) is 2.87. The van der Waals surface area contributed by atoms with Crippen LogP contribution in [0.25, 0.3) is 0 Å². The molecule has 0 saturated heterocycles. The fourth-order valence-corrected chi connectivity index (χ4v) is 1.47. The van der Waals surface area contributed by atoms with Crippen LogP contribution in [0, 0.1) is 0 Å². The lowest BCUT2D eigenvalue weighted by molar-refractivity contribution is 0.173. The van der Waals surface area contributed by atoms with Gasteiger partial charge in [-0.3, -0.25) is 4.68 Å². The Morgan fingerprint density at radius 2 is 2.47 bits per heavy atom. The highest BCUT2D eigenvalue weighted by molar-refractivity contribution is 5.10. The molecule has 0 aliphatic heterocycles. The highest BCUT2D eigenvalue weighted by Gasteiger charge is 2.13. The molecule has 0 spiro atoms. The second-order valence-corrected chi connectivity index (χ2v) is 3.27. The fourth-order valence-electron chi connectivity index (χ4n) is 1.47. The van der Waals surface area contributed by atoms with Crippen molar-refractivity contribution in [3.8, 4) is 0 Å². The summed E-state index contributed by atoms with van der Waals surface area (Å²) in [7, 11) is 0. The van der Waals surface area contributed by atoms with E-state index >= 15 is 0 Å². The largest absolute Gasteiger partial charge is 0.472 e. The molecule has 80 valence electrons. The molecule has 0 aliphatic rings. The van der Waals surface area contributed by atoms with Crippen molar-refractivity contribution >= 4 is 0 Å². The number of rotatable bonds is 4. The minimum absolute atomic E-state index is 0.452. The van der Waals surface area contributed by atoms with Gasteiger partial charge in [0.2, 0.25) is 0 Å². The molecule has 0 aliphatic carbocycles. The summed E-state index contributed by atoms with van der Waals surface area (Å²) in [6, 6.07) is 1.75. The van der Waals surface area contributed by atoms with E-state index < -0.39 is 6.10 Å². The monoisotopic (exact) mass is 207 g/mol. The van der Waals surface area contributed by atoms with Gasteiger partial charge in [0.05, 0.1) is 18.6 Å². The topological polar surface area (TPSA) is 64.1 Å². The molecule has 5 nitrogen and oxygen atoms in total. The quantitative estimate of drug-likeness (QED) is 0.817. The molecule has 0 saturated carbocycles. The van der Waals surface area contributed by atoms with Crippen molar-refractivity contribution in [1.29, 1.82) is 0 Å². The zero-order valence-electron chi connectivity index (χ0n) is 8.50. The summed E-state index contributed by atoms with van der Waals surface area (Å²) in [5.74, 6) is 0.784. The van der Waals surface area contributed by atoms with Gasteiger partial charge in [0.15, 0.2) is 0 Å². The molecule has 0 fully saturated rings. The van der Waals surface area contributed by atoms with Crippen LogP contribution in [-0.4, -0.2) is 19.9 Å². The van der Waals surface area contributed by atoms with Gasteiger partial charge in [-0.1, -0.05) is 0 Å². The molecule has 2 heterocycles. The Hall–Kier alpha value is -1.62. The van der Waals surface area contributed by atoms with E-state index in [1.54, 1.807) is 17.0 Å². The molecule has 2 aromatic heterocycles. The van der Waals surface area contributed by atoms with Crippen LogP contribution in [0.4, 0.5) is 0 Å². The summed E-state index contributed by atoms with van der Waals surface area (Å²) in [6.45, 7) is 2.75.